The van der Waals surface area contributed by atoms with Crippen LogP contribution in [0.1, 0.15) is 82.1 Å². The maximum atomic E-state index is 6.14. The first-order chi connectivity index (χ1) is 9.18. The molecule has 0 aromatic rings. The van der Waals surface area contributed by atoms with Gasteiger partial charge in [0.05, 0.1) is 0 Å². The maximum absolute atomic E-state index is 6.14. The average molecular weight is 302 g/mol. The first-order valence-electron chi connectivity index (χ1n) is 8.42. The fourth-order valence-corrected chi connectivity index (χ4v) is 3.11. The fourth-order valence-electron chi connectivity index (χ4n) is 3.11. The molecule has 0 aromatic carbocycles. The number of hydrogen-bond donors (Lipinski definition) is 3. The third kappa shape index (κ3) is 13.3. The Hall–Kier alpha value is -0.120. The largest absolute Gasteiger partial charge is 0.330 e. The van der Waals surface area contributed by atoms with Crippen molar-refractivity contribution < 1.29 is 0 Å². The highest BCUT2D eigenvalue weighted by molar-refractivity contribution is 4.90. The molecule has 0 amide bonds. The minimum absolute atomic E-state index is 0.0961. The smallest absolute Gasteiger partial charge is 0.0130 e. The molecule has 0 radical (unpaired) electrons. The summed E-state index contributed by atoms with van der Waals surface area (Å²) in [6.45, 7) is 23.4. The molecule has 21 heavy (non-hydrogen) atoms. The Labute approximate surface area is 134 Å². The Bertz CT molecular complexity index is 273. The highest BCUT2D eigenvalue weighted by atomic mass is 15.0. The zero-order valence-corrected chi connectivity index (χ0v) is 16.5. The van der Waals surface area contributed by atoms with Crippen LogP contribution in [-0.2, 0) is 0 Å². The van der Waals surface area contributed by atoms with Gasteiger partial charge in [-0.05, 0) is 57.9 Å². The maximum Gasteiger partial charge on any atom is 0.0130 e. The SMILES string of the molecule is CC.CC(C)(N)CC(C)(C)CNC(C)(C)CC(C)(C)CN. The van der Waals surface area contributed by atoms with Gasteiger partial charge < -0.3 is 16.8 Å². The second kappa shape index (κ2) is 8.50. The van der Waals surface area contributed by atoms with Gasteiger partial charge in [0.15, 0.2) is 0 Å². The second-order valence-electron chi connectivity index (χ2n) is 9.11. The summed E-state index contributed by atoms with van der Waals surface area (Å²) in [7, 11) is 0. The van der Waals surface area contributed by atoms with Crippen molar-refractivity contribution in [1.29, 1.82) is 0 Å². The van der Waals surface area contributed by atoms with Crippen molar-refractivity contribution in [3.05, 3.63) is 0 Å². The third-order valence-electron chi connectivity index (χ3n) is 3.45. The Kier molecular flexibility index (Phi) is 9.37. The standard InChI is InChI=1S/C16H37N3.C2H6/c1-13(2,11-17)10-16(7,8)19-12-14(3,4)9-15(5,6)18;1-2/h19H,9-12,17-18H2,1-8H3;1-2H3. The highest BCUT2D eigenvalue weighted by Crippen LogP contribution is 2.29. The fraction of sp³-hybridized carbons (Fsp3) is 1.00. The molecule has 0 rings (SSSR count). The van der Waals surface area contributed by atoms with Crippen LogP contribution >= 0.6 is 0 Å². The molecule has 3 nitrogen and oxygen atoms in total. The molecule has 5 N–H and O–H groups in total. The number of nitrogens with two attached hydrogens (primary N) is 2. The van der Waals surface area contributed by atoms with E-state index in [-0.39, 0.29) is 21.9 Å². The van der Waals surface area contributed by atoms with Crippen LogP contribution in [0.2, 0.25) is 0 Å². The van der Waals surface area contributed by atoms with E-state index in [1.165, 1.54) is 0 Å². The van der Waals surface area contributed by atoms with Gasteiger partial charge in [0, 0.05) is 17.6 Å². The summed E-state index contributed by atoms with van der Waals surface area (Å²) in [5.74, 6) is 0. The predicted octanol–water partition coefficient (Wildman–Crippen LogP) is 3.91. The first-order valence-corrected chi connectivity index (χ1v) is 8.42. The van der Waals surface area contributed by atoms with Gasteiger partial charge >= 0.3 is 0 Å². The van der Waals surface area contributed by atoms with E-state index < -0.39 is 0 Å². The van der Waals surface area contributed by atoms with E-state index in [9.17, 15) is 0 Å². The van der Waals surface area contributed by atoms with Gasteiger partial charge in [-0.15, -0.1) is 0 Å². The van der Waals surface area contributed by atoms with Crippen molar-refractivity contribution >= 4 is 0 Å². The van der Waals surface area contributed by atoms with E-state index in [0.29, 0.717) is 0 Å². The molecule has 0 unspecified atom stereocenters. The van der Waals surface area contributed by atoms with Crippen LogP contribution in [0, 0.1) is 10.8 Å². The molecule has 0 bridgehead atoms. The molecule has 0 spiro atoms. The Morgan fingerprint density at radius 3 is 1.52 bits per heavy atom. The Morgan fingerprint density at radius 1 is 0.762 bits per heavy atom. The van der Waals surface area contributed by atoms with E-state index in [0.717, 1.165) is 25.9 Å². The zero-order chi connectivity index (χ0) is 17.5. The Balaban J connectivity index is 0. The number of rotatable bonds is 8. The molecule has 0 aromatic heterocycles. The summed E-state index contributed by atoms with van der Waals surface area (Å²) in [4.78, 5) is 0. The van der Waals surface area contributed by atoms with Gasteiger partial charge in [-0.3, -0.25) is 0 Å². The molecule has 0 saturated carbocycles. The lowest BCUT2D eigenvalue weighted by atomic mass is 9.77. The molecular weight excluding hydrogens is 258 g/mol. The van der Waals surface area contributed by atoms with Gasteiger partial charge in [0.2, 0.25) is 0 Å². The minimum atomic E-state index is -0.119. The lowest BCUT2D eigenvalue weighted by molar-refractivity contribution is 0.183. The third-order valence-corrected chi connectivity index (χ3v) is 3.45. The average Bonchev–Trinajstić information content (AvgIpc) is 2.25. The van der Waals surface area contributed by atoms with Crippen molar-refractivity contribution in [2.45, 2.75) is 93.2 Å². The molecule has 0 atom stereocenters. The van der Waals surface area contributed by atoms with Gasteiger partial charge in [-0.2, -0.15) is 0 Å². The molecule has 0 aliphatic rings. The normalized spacial score (nSPS) is 13.7. The molecule has 0 heterocycles. The summed E-state index contributed by atoms with van der Waals surface area (Å²) < 4.78 is 0. The van der Waals surface area contributed by atoms with Crippen LogP contribution in [0.25, 0.3) is 0 Å². The van der Waals surface area contributed by atoms with Crippen molar-refractivity contribution in [3.8, 4) is 0 Å². The van der Waals surface area contributed by atoms with E-state index >= 15 is 0 Å². The zero-order valence-electron chi connectivity index (χ0n) is 16.5. The molecule has 3 heteroatoms. The quantitative estimate of drug-likeness (QED) is 0.637. The Morgan fingerprint density at radius 2 is 1.19 bits per heavy atom. The summed E-state index contributed by atoms with van der Waals surface area (Å²) in [5, 5.41) is 3.70. The van der Waals surface area contributed by atoms with Gasteiger partial charge in [0.25, 0.3) is 0 Å². The van der Waals surface area contributed by atoms with Crippen LogP contribution in [0.4, 0.5) is 0 Å². The van der Waals surface area contributed by atoms with Crippen LogP contribution in [-0.4, -0.2) is 24.2 Å². The van der Waals surface area contributed by atoms with Gasteiger partial charge in [0.1, 0.15) is 0 Å². The van der Waals surface area contributed by atoms with E-state index in [1.807, 2.05) is 13.8 Å². The molecule has 130 valence electrons. The van der Waals surface area contributed by atoms with Crippen molar-refractivity contribution in [1.82, 2.24) is 5.32 Å². The summed E-state index contributed by atoms with van der Waals surface area (Å²) in [6, 6.07) is 0. The minimum Gasteiger partial charge on any atom is -0.330 e. The lowest BCUT2D eigenvalue weighted by Gasteiger charge is -2.39. The van der Waals surface area contributed by atoms with Crippen LogP contribution < -0.4 is 16.8 Å². The van der Waals surface area contributed by atoms with Crippen molar-refractivity contribution in [2.75, 3.05) is 13.1 Å². The number of nitrogens with one attached hydrogen (secondary N) is 1. The molecule has 0 fully saturated rings. The van der Waals surface area contributed by atoms with Crippen molar-refractivity contribution in [2.24, 2.45) is 22.3 Å². The van der Waals surface area contributed by atoms with E-state index in [4.69, 9.17) is 11.5 Å². The summed E-state index contributed by atoms with van der Waals surface area (Å²) in [6.07, 6.45) is 2.07. The van der Waals surface area contributed by atoms with E-state index in [2.05, 4.69) is 60.7 Å². The van der Waals surface area contributed by atoms with Crippen LogP contribution in [0.15, 0.2) is 0 Å². The first kappa shape index (κ1) is 23.2. The molecule has 0 saturated heterocycles. The topological polar surface area (TPSA) is 64.1 Å². The predicted molar refractivity (Wildman–Crippen MR) is 97.5 cm³/mol. The van der Waals surface area contributed by atoms with Gasteiger partial charge in [-0.1, -0.05) is 41.5 Å². The molecular formula is C18H43N3. The van der Waals surface area contributed by atoms with E-state index in [1.54, 1.807) is 0 Å². The summed E-state index contributed by atoms with van der Waals surface area (Å²) in [5.41, 5.74) is 12.3. The number of hydrogen-bond acceptors (Lipinski definition) is 3. The van der Waals surface area contributed by atoms with Crippen LogP contribution in [0.5, 0.6) is 0 Å². The highest BCUT2D eigenvalue weighted by Gasteiger charge is 2.31. The molecule has 0 aliphatic carbocycles. The lowest BCUT2D eigenvalue weighted by Crippen LogP contribution is -2.49. The monoisotopic (exact) mass is 301 g/mol. The summed E-state index contributed by atoms with van der Waals surface area (Å²) >= 11 is 0. The second-order valence-corrected chi connectivity index (χ2v) is 9.11. The van der Waals surface area contributed by atoms with Crippen LogP contribution in [0.3, 0.4) is 0 Å². The van der Waals surface area contributed by atoms with Gasteiger partial charge in [-0.25, -0.2) is 0 Å². The molecule has 0 aliphatic heterocycles. The van der Waals surface area contributed by atoms with Crippen molar-refractivity contribution in [3.63, 3.8) is 0 Å².